The molecule has 0 aliphatic rings. The van der Waals surface area contributed by atoms with Crippen LogP contribution in [0.4, 0.5) is 4.39 Å². The Labute approximate surface area is 161 Å². The number of carbonyl (C=O) groups is 1. The number of rotatable bonds is 6. The average molecular weight is 379 g/mol. The normalized spacial score (nSPS) is 10.8. The van der Waals surface area contributed by atoms with Gasteiger partial charge in [0.15, 0.2) is 0 Å². The molecule has 0 radical (unpaired) electrons. The van der Waals surface area contributed by atoms with Crippen molar-refractivity contribution < 1.29 is 23.8 Å². The van der Waals surface area contributed by atoms with Crippen molar-refractivity contribution in [1.82, 2.24) is 4.98 Å². The van der Waals surface area contributed by atoms with Gasteiger partial charge in [0.25, 0.3) is 0 Å². The molecule has 0 unspecified atom stereocenters. The van der Waals surface area contributed by atoms with Crippen molar-refractivity contribution in [3.63, 3.8) is 0 Å². The Balaban J connectivity index is 1.71. The molecule has 6 heteroatoms. The maximum atomic E-state index is 13.7. The lowest BCUT2D eigenvalue weighted by atomic mass is 10.1. The summed E-state index contributed by atoms with van der Waals surface area (Å²) < 4.78 is 23.9. The number of carbonyl (C=O) groups excluding carboxylic acids is 1. The van der Waals surface area contributed by atoms with Crippen molar-refractivity contribution in [2.75, 3.05) is 7.11 Å². The Kier molecular flexibility index (Phi) is 6.01. The Morgan fingerprint density at radius 3 is 2.68 bits per heavy atom. The lowest BCUT2D eigenvalue weighted by Gasteiger charge is -2.08. The van der Waals surface area contributed by atoms with E-state index in [2.05, 4.69) is 9.72 Å². The first-order chi connectivity index (χ1) is 13.5. The summed E-state index contributed by atoms with van der Waals surface area (Å²) in [7, 11) is 1.31. The highest BCUT2D eigenvalue weighted by atomic mass is 19.1. The minimum absolute atomic E-state index is 0.0275. The Bertz CT molecular complexity index is 1000. The average Bonchev–Trinajstić information content (AvgIpc) is 2.71. The van der Waals surface area contributed by atoms with E-state index in [9.17, 15) is 14.3 Å². The van der Waals surface area contributed by atoms with E-state index in [0.29, 0.717) is 28.1 Å². The van der Waals surface area contributed by atoms with Gasteiger partial charge in [-0.15, -0.1) is 0 Å². The fourth-order valence-corrected chi connectivity index (χ4v) is 2.49. The number of nitrogens with zero attached hydrogens (tertiary/aromatic N) is 1. The lowest BCUT2D eigenvalue weighted by Crippen LogP contribution is -2.01. The molecule has 5 nitrogen and oxygen atoms in total. The fraction of sp³-hybridized carbons (Fsp3) is 0.0909. The van der Waals surface area contributed by atoms with Crippen LogP contribution in [0.1, 0.15) is 27.2 Å². The summed E-state index contributed by atoms with van der Waals surface area (Å²) in [6.07, 6.45) is 4.91. The highest BCUT2D eigenvalue weighted by molar-refractivity contribution is 5.89. The third-order valence-corrected chi connectivity index (χ3v) is 3.92. The summed E-state index contributed by atoms with van der Waals surface area (Å²) in [5.74, 6) is -0.353. The molecule has 0 saturated carbocycles. The number of methoxy groups -OCH3 is 1. The number of aromatic hydroxyl groups is 1. The van der Waals surface area contributed by atoms with Gasteiger partial charge in [-0.2, -0.15) is 0 Å². The van der Waals surface area contributed by atoms with Gasteiger partial charge in [-0.25, -0.2) is 9.18 Å². The Hall–Kier alpha value is -3.67. The van der Waals surface area contributed by atoms with Crippen molar-refractivity contribution in [2.45, 2.75) is 6.61 Å². The molecule has 2 aromatic carbocycles. The summed E-state index contributed by atoms with van der Waals surface area (Å²) in [6, 6.07) is 14.4. The summed E-state index contributed by atoms with van der Waals surface area (Å²) in [6.45, 7) is 0.0514. The third kappa shape index (κ3) is 4.94. The Morgan fingerprint density at radius 1 is 1.14 bits per heavy atom. The molecule has 1 heterocycles. The smallest absolute Gasteiger partial charge is 0.339 e. The van der Waals surface area contributed by atoms with Gasteiger partial charge in [0.1, 0.15) is 23.9 Å². The number of benzene rings is 2. The van der Waals surface area contributed by atoms with E-state index in [0.717, 1.165) is 0 Å². The second-order valence-electron chi connectivity index (χ2n) is 5.94. The first-order valence-electron chi connectivity index (χ1n) is 8.48. The van der Waals surface area contributed by atoms with Gasteiger partial charge < -0.3 is 14.6 Å². The minimum Gasteiger partial charge on any atom is -0.508 e. The number of ether oxygens (including phenoxy) is 2. The van der Waals surface area contributed by atoms with Crippen LogP contribution in [0.2, 0.25) is 0 Å². The van der Waals surface area contributed by atoms with Gasteiger partial charge in [0.05, 0.1) is 18.4 Å². The molecule has 1 aromatic heterocycles. The number of hydrogen-bond donors (Lipinski definition) is 1. The van der Waals surface area contributed by atoms with Crippen LogP contribution < -0.4 is 4.74 Å². The zero-order valence-electron chi connectivity index (χ0n) is 15.1. The molecule has 3 rings (SSSR count). The summed E-state index contributed by atoms with van der Waals surface area (Å²) in [4.78, 5) is 15.6. The maximum Gasteiger partial charge on any atom is 0.339 e. The monoisotopic (exact) mass is 379 g/mol. The topological polar surface area (TPSA) is 68.7 Å². The number of phenols is 1. The van der Waals surface area contributed by atoms with Gasteiger partial charge in [-0.3, -0.25) is 4.98 Å². The van der Waals surface area contributed by atoms with Gasteiger partial charge in [0, 0.05) is 17.8 Å². The quantitative estimate of drug-likeness (QED) is 0.641. The lowest BCUT2D eigenvalue weighted by molar-refractivity contribution is 0.0600. The second-order valence-corrected chi connectivity index (χ2v) is 5.94. The zero-order valence-corrected chi connectivity index (χ0v) is 15.1. The molecule has 0 amide bonds. The summed E-state index contributed by atoms with van der Waals surface area (Å²) in [5.41, 5.74) is 2.10. The van der Waals surface area contributed by atoms with Crippen LogP contribution in [0.25, 0.3) is 12.2 Å². The van der Waals surface area contributed by atoms with Crippen molar-refractivity contribution in [1.29, 1.82) is 0 Å². The SMILES string of the molecule is COC(=O)c1ccc(/C=C/c2cc(O)cc(OCc3ccccc3F)c2)nc1. The van der Waals surface area contributed by atoms with E-state index >= 15 is 0 Å². The number of halogens is 1. The van der Waals surface area contributed by atoms with E-state index in [1.807, 2.05) is 0 Å². The standard InChI is InChI=1S/C22H18FNO4/c1-27-22(26)16-7-9-18(24-13-16)8-6-15-10-19(25)12-20(11-15)28-14-17-4-2-3-5-21(17)23/h2-13,25H,14H2,1H3/b8-6+. The molecule has 0 spiro atoms. The molecule has 0 fully saturated rings. The van der Waals surface area contributed by atoms with Crippen LogP contribution in [0.3, 0.4) is 0 Å². The number of pyridine rings is 1. The predicted octanol–water partition coefficient (Wildman–Crippen LogP) is 4.46. The highest BCUT2D eigenvalue weighted by Crippen LogP contribution is 2.24. The minimum atomic E-state index is -0.451. The first-order valence-corrected chi connectivity index (χ1v) is 8.48. The maximum absolute atomic E-state index is 13.7. The van der Waals surface area contributed by atoms with Crippen molar-refractivity contribution in [3.8, 4) is 11.5 Å². The molecule has 0 aliphatic heterocycles. The fourth-order valence-electron chi connectivity index (χ4n) is 2.49. The van der Waals surface area contributed by atoms with Crippen LogP contribution in [-0.4, -0.2) is 23.2 Å². The van der Waals surface area contributed by atoms with Crippen molar-refractivity contribution in [2.24, 2.45) is 0 Å². The first kappa shape index (κ1) is 19.1. The van der Waals surface area contributed by atoms with Crippen LogP contribution in [0.5, 0.6) is 11.5 Å². The highest BCUT2D eigenvalue weighted by Gasteiger charge is 2.05. The van der Waals surface area contributed by atoms with E-state index < -0.39 is 5.97 Å². The molecule has 3 aromatic rings. The molecular formula is C22H18FNO4. The number of esters is 1. The molecule has 142 valence electrons. The van der Waals surface area contributed by atoms with E-state index in [1.54, 1.807) is 54.6 Å². The molecule has 0 saturated heterocycles. The third-order valence-electron chi connectivity index (χ3n) is 3.92. The van der Waals surface area contributed by atoms with Crippen LogP contribution in [-0.2, 0) is 11.3 Å². The van der Waals surface area contributed by atoms with E-state index in [1.165, 1.54) is 25.4 Å². The number of aromatic nitrogens is 1. The molecule has 28 heavy (non-hydrogen) atoms. The van der Waals surface area contributed by atoms with E-state index in [4.69, 9.17) is 4.74 Å². The summed E-state index contributed by atoms with van der Waals surface area (Å²) in [5, 5.41) is 9.91. The molecule has 0 atom stereocenters. The second kappa shape index (κ2) is 8.81. The molecule has 1 N–H and O–H groups in total. The van der Waals surface area contributed by atoms with Gasteiger partial charge >= 0.3 is 5.97 Å². The largest absolute Gasteiger partial charge is 0.508 e. The predicted molar refractivity (Wildman–Crippen MR) is 103 cm³/mol. The molecule has 0 aliphatic carbocycles. The zero-order chi connectivity index (χ0) is 19.9. The van der Waals surface area contributed by atoms with E-state index in [-0.39, 0.29) is 18.2 Å². The van der Waals surface area contributed by atoms with Crippen LogP contribution >= 0.6 is 0 Å². The van der Waals surface area contributed by atoms with Crippen molar-refractivity contribution in [3.05, 3.63) is 89.0 Å². The number of phenolic OH excluding ortho intramolecular Hbond substituents is 1. The van der Waals surface area contributed by atoms with Gasteiger partial charge in [-0.05, 0) is 42.0 Å². The Morgan fingerprint density at radius 2 is 1.96 bits per heavy atom. The van der Waals surface area contributed by atoms with Crippen molar-refractivity contribution >= 4 is 18.1 Å². The molecular weight excluding hydrogens is 361 g/mol. The van der Waals surface area contributed by atoms with Crippen LogP contribution in [0.15, 0.2) is 60.8 Å². The molecule has 0 bridgehead atoms. The van der Waals surface area contributed by atoms with Gasteiger partial charge in [-0.1, -0.05) is 24.3 Å². The summed E-state index contributed by atoms with van der Waals surface area (Å²) >= 11 is 0. The van der Waals surface area contributed by atoms with Crippen LogP contribution in [0, 0.1) is 5.82 Å². The number of hydrogen-bond acceptors (Lipinski definition) is 5. The van der Waals surface area contributed by atoms with Gasteiger partial charge in [0.2, 0.25) is 0 Å².